The summed E-state index contributed by atoms with van der Waals surface area (Å²) >= 11 is 0. The number of carboxylic acids is 1. The Morgan fingerprint density at radius 2 is 2.22 bits per heavy atom. The van der Waals surface area contributed by atoms with E-state index in [1.807, 2.05) is 0 Å². The van der Waals surface area contributed by atoms with E-state index in [9.17, 15) is 9.90 Å². The maximum absolute atomic E-state index is 11.4. The van der Waals surface area contributed by atoms with Crippen molar-refractivity contribution in [3.05, 3.63) is 0 Å². The highest BCUT2D eigenvalue weighted by atomic mass is 16.5. The van der Waals surface area contributed by atoms with Crippen LogP contribution in [0.1, 0.15) is 46.0 Å². The number of likely N-dealkylation sites (tertiary alicyclic amines) is 1. The van der Waals surface area contributed by atoms with Crippen molar-refractivity contribution in [2.75, 3.05) is 13.2 Å². The van der Waals surface area contributed by atoms with Crippen LogP contribution in [0, 0.1) is 5.92 Å². The molecule has 4 unspecified atom stereocenters. The average Bonchev–Trinajstić information content (AvgIpc) is 2.72. The number of aliphatic carboxylic acids is 1. The molecule has 4 nitrogen and oxygen atoms in total. The second kappa shape index (κ2) is 6.02. The molecule has 2 saturated heterocycles. The van der Waals surface area contributed by atoms with Crippen LogP contribution in [-0.2, 0) is 9.53 Å². The quantitative estimate of drug-likeness (QED) is 0.836. The summed E-state index contributed by atoms with van der Waals surface area (Å²) in [5.74, 6) is -0.381. The van der Waals surface area contributed by atoms with Gasteiger partial charge in [-0.25, -0.2) is 0 Å². The van der Waals surface area contributed by atoms with Gasteiger partial charge in [0.1, 0.15) is 6.04 Å². The van der Waals surface area contributed by atoms with Crippen molar-refractivity contribution in [3.63, 3.8) is 0 Å². The van der Waals surface area contributed by atoms with Gasteiger partial charge in [-0.1, -0.05) is 20.3 Å². The number of carboxylic acid groups (broad SMARTS) is 1. The van der Waals surface area contributed by atoms with E-state index in [1.165, 1.54) is 0 Å². The van der Waals surface area contributed by atoms with Gasteiger partial charge in [-0.3, -0.25) is 9.69 Å². The van der Waals surface area contributed by atoms with Gasteiger partial charge in [-0.05, 0) is 38.1 Å². The molecular weight excluding hydrogens is 230 g/mol. The van der Waals surface area contributed by atoms with Crippen molar-refractivity contribution in [2.24, 2.45) is 5.92 Å². The van der Waals surface area contributed by atoms with Crippen LogP contribution in [0.5, 0.6) is 0 Å². The summed E-state index contributed by atoms with van der Waals surface area (Å²) in [5.41, 5.74) is 0. The number of ether oxygens (including phenoxy) is 1. The topological polar surface area (TPSA) is 49.8 Å². The van der Waals surface area contributed by atoms with Gasteiger partial charge in [0.15, 0.2) is 0 Å². The molecule has 0 radical (unpaired) electrons. The van der Waals surface area contributed by atoms with Crippen LogP contribution >= 0.6 is 0 Å². The van der Waals surface area contributed by atoms with E-state index in [0.29, 0.717) is 12.1 Å². The van der Waals surface area contributed by atoms with Gasteiger partial charge in [0, 0.05) is 12.6 Å². The van der Waals surface area contributed by atoms with Crippen LogP contribution in [0.2, 0.25) is 0 Å². The van der Waals surface area contributed by atoms with Crippen molar-refractivity contribution < 1.29 is 14.6 Å². The zero-order chi connectivity index (χ0) is 13.1. The minimum absolute atomic E-state index is 0.273. The molecule has 0 aromatic heterocycles. The third-order valence-electron chi connectivity index (χ3n) is 4.41. The summed E-state index contributed by atoms with van der Waals surface area (Å²) in [4.78, 5) is 13.6. The van der Waals surface area contributed by atoms with Gasteiger partial charge in [-0.15, -0.1) is 0 Å². The van der Waals surface area contributed by atoms with Crippen LogP contribution in [0.3, 0.4) is 0 Å². The SMILES string of the molecule is CCCC1CC(N2CCC(C)C2C(=O)O)CCO1. The van der Waals surface area contributed by atoms with Gasteiger partial charge in [0.2, 0.25) is 0 Å². The largest absolute Gasteiger partial charge is 0.480 e. The van der Waals surface area contributed by atoms with E-state index in [-0.39, 0.29) is 12.0 Å². The smallest absolute Gasteiger partial charge is 0.321 e. The molecule has 4 atom stereocenters. The third kappa shape index (κ3) is 2.86. The van der Waals surface area contributed by atoms with Crippen molar-refractivity contribution in [1.82, 2.24) is 4.90 Å². The minimum atomic E-state index is -0.654. The summed E-state index contributed by atoms with van der Waals surface area (Å²) in [6, 6.07) is 0.122. The molecule has 18 heavy (non-hydrogen) atoms. The van der Waals surface area contributed by atoms with Crippen molar-refractivity contribution in [3.8, 4) is 0 Å². The predicted octanol–water partition coefficient (Wildman–Crippen LogP) is 2.13. The van der Waals surface area contributed by atoms with Crippen molar-refractivity contribution in [1.29, 1.82) is 0 Å². The molecule has 0 bridgehead atoms. The zero-order valence-corrected chi connectivity index (χ0v) is 11.5. The Morgan fingerprint density at radius 1 is 1.44 bits per heavy atom. The lowest BCUT2D eigenvalue weighted by Gasteiger charge is -2.37. The lowest BCUT2D eigenvalue weighted by molar-refractivity contribution is -0.145. The maximum atomic E-state index is 11.4. The molecule has 2 aliphatic heterocycles. The average molecular weight is 255 g/mol. The molecule has 0 aromatic carbocycles. The minimum Gasteiger partial charge on any atom is -0.480 e. The van der Waals surface area contributed by atoms with Gasteiger partial charge >= 0.3 is 5.97 Å². The van der Waals surface area contributed by atoms with Gasteiger partial charge < -0.3 is 9.84 Å². The number of nitrogens with zero attached hydrogens (tertiary/aromatic N) is 1. The molecule has 0 spiro atoms. The molecule has 1 N–H and O–H groups in total. The van der Waals surface area contributed by atoms with Crippen LogP contribution in [0.4, 0.5) is 0 Å². The van der Waals surface area contributed by atoms with E-state index in [4.69, 9.17) is 4.74 Å². The maximum Gasteiger partial charge on any atom is 0.321 e. The molecule has 0 saturated carbocycles. The molecular formula is C14H25NO3. The van der Waals surface area contributed by atoms with Crippen LogP contribution in [0.15, 0.2) is 0 Å². The van der Waals surface area contributed by atoms with Gasteiger partial charge in [-0.2, -0.15) is 0 Å². The van der Waals surface area contributed by atoms with Gasteiger partial charge in [0.25, 0.3) is 0 Å². The van der Waals surface area contributed by atoms with E-state index in [0.717, 1.165) is 45.3 Å². The Bertz CT molecular complexity index is 293. The van der Waals surface area contributed by atoms with Crippen molar-refractivity contribution in [2.45, 2.75) is 64.1 Å². The van der Waals surface area contributed by atoms with E-state index in [2.05, 4.69) is 18.7 Å². The fourth-order valence-corrected chi connectivity index (χ4v) is 3.46. The van der Waals surface area contributed by atoms with E-state index in [1.54, 1.807) is 0 Å². The predicted molar refractivity (Wildman–Crippen MR) is 69.6 cm³/mol. The van der Waals surface area contributed by atoms with E-state index >= 15 is 0 Å². The summed E-state index contributed by atoms with van der Waals surface area (Å²) in [7, 11) is 0. The number of rotatable bonds is 4. The second-order valence-corrected chi connectivity index (χ2v) is 5.75. The Balaban J connectivity index is 1.99. The molecule has 0 amide bonds. The molecule has 2 aliphatic rings. The second-order valence-electron chi connectivity index (χ2n) is 5.75. The lowest BCUT2D eigenvalue weighted by atomic mass is 9.96. The summed E-state index contributed by atoms with van der Waals surface area (Å²) in [6.45, 7) is 5.95. The normalized spacial score (nSPS) is 37.9. The fraction of sp³-hybridized carbons (Fsp3) is 0.929. The monoisotopic (exact) mass is 255 g/mol. The molecule has 2 heterocycles. The highest BCUT2D eigenvalue weighted by Gasteiger charge is 2.41. The highest BCUT2D eigenvalue weighted by Crippen LogP contribution is 2.31. The van der Waals surface area contributed by atoms with Crippen LogP contribution in [-0.4, -0.2) is 47.3 Å². The first-order valence-corrected chi connectivity index (χ1v) is 7.23. The molecule has 4 heteroatoms. The number of hydrogen-bond acceptors (Lipinski definition) is 3. The first kappa shape index (κ1) is 13.8. The molecule has 0 aromatic rings. The molecule has 0 aliphatic carbocycles. The number of hydrogen-bond donors (Lipinski definition) is 1. The van der Waals surface area contributed by atoms with Gasteiger partial charge in [0.05, 0.1) is 6.10 Å². The molecule has 2 fully saturated rings. The van der Waals surface area contributed by atoms with E-state index < -0.39 is 5.97 Å². The van der Waals surface area contributed by atoms with Crippen molar-refractivity contribution >= 4 is 5.97 Å². The molecule has 2 rings (SSSR count). The third-order valence-corrected chi connectivity index (χ3v) is 4.41. The standard InChI is InChI=1S/C14H25NO3/c1-3-4-12-9-11(6-8-18-12)15-7-5-10(2)13(15)14(16)17/h10-13H,3-9H2,1-2H3,(H,16,17). The Kier molecular flexibility index (Phi) is 4.62. The Labute approximate surface area is 109 Å². The Hall–Kier alpha value is -0.610. The first-order valence-electron chi connectivity index (χ1n) is 7.23. The lowest BCUT2D eigenvalue weighted by Crippen LogP contribution is -2.48. The first-order chi connectivity index (χ1) is 8.63. The number of carbonyl (C=O) groups is 1. The fourth-order valence-electron chi connectivity index (χ4n) is 3.46. The Morgan fingerprint density at radius 3 is 2.89 bits per heavy atom. The van der Waals surface area contributed by atoms with Crippen LogP contribution in [0.25, 0.3) is 0 Å². The molecule has 104 valence electrons. The zero-order valence-electron chi connectivity index (χ0n) is 11.5. The summed E-state index contributed by atoms with van der Waals surface area (Å²) < 4.78 is 5.76. The highest BCUT2D eigenvalue weighted by molar-refractivity contribution is 5.74. The summed E-state index contributed by atoms with van der Waals surface area (Å²) in [6.07, 6.45) is 5.56. The van der Waals surface area contributed by atoms with Crippen LogP contribution < -0.4 is 0 Å². The summed E-state index contributed by atoms with van der Waals surface area (Å²) in [5, 5.41) is 9.38.